The van der Waals surface area contributed by atoms with Crippen LogP contribution in [0, 0.1) is 0 Å². The number of carbonyl (C=O) groups excluding carboxylic acids is 1. The van der Waals surface area contributed by atoms with E-state index < -0.39 is 33.7 Å². The number of sulfonamides is 1. The molecule has 0 bridgehead atoms. The van der Waals surface area contributed by atoms with E-state index in [-0.39, 0.29) is 36.4 Å². The van der Waals surface area contributed by atoms with Crippen molar-refractivity contribution in [3.63, 3.8) is 0 Å². The number of methoxy groups -OCH3 is 1. The second-order valence-corrected chi connectivity index (χ2v) is 10.8. The molecule has 0 aromatic heterocycles. The van der Waals surface area contributed by atoms with Gasteiger partial charge >= 0.3 is 11.9 Å². The Labute approximate surface area is 199 Å². The quantitative estimate of drug-likeness (QED) is 0.558. The second kappa shape index (κ2) is 9.92. The smallest absolute Gasteiger partial charge is 0.310 e. The first-order chi connectivity index (χ1) is 15.9. The van der Waals surface area contributed by atoms with Crippen molar-refractivity contribution in [1.29, 1.82) is 0 Å². The minimum Gasteiger partial charge on any atom is -0.497 e. The topological polar surface area (TPSA) is 119 Å². The summed E-state index contributed by atoms with van der Waals surface area (Å²) < 4.78 is 44.9. The van der Waals surface area contributed by atoms with Crippen LogP contribution in [0.2, 0.25) is 0 Å². The summed E-state index contributed by atoms with van der Waals surface area (Å²) >= 11 is 0. The zero-order chi connectivity index (χ0) is 25.1. The maximum Gasteiger partial charge on any atom is 0.310 e. The molecule has 3 rings (SSSR count). The molecule has 10 heteroatoms. The molecule has 2 aromatic carbocycles. The number of rotatable bonds is 8. The van der Waals surface area contributed by atoms with Gasteiger partial charge in [-0.15, -0.1) is 0 Å². The number of anilines is 1. The van der Waals surface area contributed by atoms with Gasteiger partial charge in [0.1, 0.15) is 23.2 Å². The Morgan fingerprint density at radius 2 is 1.91 bits per heavy atom. The summed E-state index contributed by atoms with van der Waals surface area (Å²) in [5.74, 6) is -0.758. The van der Waals surface area contributed by atoms with Crippen molar-refractivity contribution < 1.29 is 37.3 Å². The zero-order valence-corrected chi connectivity index (χ0v) is 20.4. The molecule has 0 amide bonds. The molecule has 2 aromatic rings. The molecule has 0 radical (unpaired) electrons. The van der Waals surface area contributed by atoms with Crippen LogP contribution >= 0.6 is 0 Å². The Hall–Kier alpha value is -3.27. The average Bonchev–Trinajstić information content (AvgIpc) is 2.75. The molecule has 9 nitrogen and oxygen atoms in total. The van der Waals surface area contributed by atoms with Crippen molar-refractivity contribution in [3.05, 3.63) is 48.0 Å². The van der Waals surface area contributed by atoms with Gasteiger partial charge in [0, 0.05) is 12.5 Å². The van der Waals surface area contributed by atoms with Crippen LogP contribution in [0.25, 0.3) is 0 Å². The largest absolute Gasteiger partial charge is 0.497 e. The first-order valence-corrected chi connectivity index (χ1v) is 12.2. The lowest BCUT2D eigenvalue weighted by molar-refractivity contribution is -0.154. The van der Waals surface area contributed by atoms with Gasteiger partial charge in [0.2, 0.25) is 0 Å². The summed E-state index contributed by atoms with van der Waals surface area (Å²) in [7, 11) is -2.60. The van der Waals surface area contributed by atoms with E-state index in [4.69, 9.17) is 19.3 Å². The number of hydrogen-bond donors (Lipinski definition) is 1. The molecule has 34 heavy (non-hydrogen) atoms. The van der Waals surface area contributed by atoms with E-state index in [1.807, 2.05) is 0 Å². The molecule has 0 unspecified atom stereocenters. The molecule has 1 N–H and O–H groups in total. The van der Waals surface area contributed by atoms with Crippen molar-refractivity contribution in [2.24, 2.45) is 0 Å². The van der Waals surface area contributed by atoms with E-state index in [1.165, 1.54) is 23.5 Å². The molecule has 0 spiro atoms. The summed E-state index contributed by atoms with van der Waals surface area (Å²) in [6.45, 7) is 5.23. The van der Waals surface area contributed by atoms with E-state index in [0.29, 0.717) is 17.1 Å². The van der Waals surface area contributed by atoms with E-state index in [0.717, 1.165) is 0 Å². The Bertz CT molecular complexity index is 1170. The molecule has 1 aliphatic heterocycles. The van der Waals surface area contributed by atoms with Crippen molar-refractivity contribution in [2.75, 3.05) is 18.0 Å². The number of esters is 1. The van der Waals surface area contributed by atoms with Crippen LogP contribution in [-0.4, -0.2) is 50.8 Å². The maximum absolute atomic E-state index is 13.6. The van der Waals surface area contributed by atoms with Gasteiger partial charge in [-0.2, -0.15) is 0 Å². The molecule has 184 valence electrons. The first-order valence-electron chi connectivity index (χ1n) is 10.8. The van der Waals surface area contributed by atoms with Gasteiger partial charge < -0.3 is 19.3 Å². The third-order valence-electron chi connectivity index (χ3n) is 5.03. The van der Waals surface area contributed by atoms with Crippen molar-refractivity contribution in [3.8, 4) is 11.5 Å². The summed E-state index contributed by atoms with van der Waals surface area (Å²) in [4.78, 5) is 23.4. The lowest BCUT2D eigenvalue weighted by atomic mass is 10.1. The number of fused-ring (bicyclic) bond motifs is 1. The molecule has 1 atom stereocenters. The fraction of sp³-hybridized carbons (Fsp3) is 0.417. The third-order valence-corrected chi connectivity index (χ3v) is 6.81. The Balaban J connectivity index is 1.99. The van der Waals surface area contributed by atoms with Crippen LogP contribution in [0.4, 0.5) is 5.69 Å². The molecule has 0 saturated heterocycles. The Morgan fingerprint density at radius 3 is 2.56 bits per heavy atom. The first kappa shape index (κ1) is 25.4. The fourth-order valence-corrected chi connectivity index (χ4v) is 5.10. The van der Waals surface area contributed by atoms with Gasteiger partial charge in [0.25, 0.3) is 10.0 Å². The highest BCUT2D eigenvalue weighted by Gasteiger charge is 2.35. The van der Waals surface area contributed by atoms with Gasteiger partial charge in [0.15, 0.2) is 0 Å². The molecular weight excluding hydrogens is 462 g/mol. The Kier molecular flexibility index (Phi) is 7.40. The molecular formula is C24H29NO8S. The average molecular weight is 492 g/mol. The van der Waals surface area contributed by atoms with Gasteiger partial charge in [-0.1, -0.05) is 12.1 Å². The number of carboxylic acids is 1. The summed E-state index contributed by atoms with van der Waals surface area (Å²) in [6, 6.07) is 10.9. The van der Waals surface area contributed by atoms with Gasteiger partial charge in [-0.3, -0.25) is 13.9 Å². The number of nitrogens with zero attached hydrogens (tertiary/aromatic N) is 1. The van der Waals surface area contributed by atoms with E-state index in [1.54, 1.807) is 51.1 Å². The normalized spacial score (nSPS) is 15.8. The number of benzene rings is 2. The molecule has 0 aliphatic carbocycles. The van der Waals surface area contributed by atoms with Crippen LogP contribution in [-0.2, 0) is 30.8 Å². The second-order valence-electron chi connectivity index (χ2n) is 8.95. The molecule has 0 fully saturated rings. The lowest BCUT2D eigenvalue weighted by Gasteiger charge is -2.35. The van der Waals surface area contributed by atoms with Crippen LogP contribution < -0.4 is 13.8 Å². The molecule has 1 aliphatic rings. The monoisotopic (exact) mass is 491 g/mol. The summed E-state index contributed by atoms with van der Waals surface area (Å²) in [6.07, 6.45) is -0.719. The highest BCUT2D eigenvalue weighted by atomic mass is 32.2. The fourth-order valence-electron chi connectivity index (χ4n) is 3.56. The van der Waals surface area contributed by atoms with Gasteiger partial charge in [-0.25, -0.2) is 8.42 Å². The minimum atomic E-state index is -4.04. The number of aliphatic carboxylic acids is 1. The summed E-state index contributed by atoms with van der Waals surface area (Å²) in [5.41, 5.74) is 0.190. The lowest BCUT2D eigenvalue weighted by Crippen LogP contribution is -2.43. The van der Waals surface area contributed by atoms with Gasteiger partial charge in [-0.05, 0) is 57.0 Å². The highest BCUT2D eigenvalue weighted by molar-refractivity contribution is 7.92. The zero-order valence-electron chi connectivity index (χ0n) is 19.6. The highest BCUT2D eigenvalue weighted by Crippen LogP contribution is 2.39. The predicted molar refractivity (Wildman–Crippen MR) is 125 cm³/mol. The van der Waals surface area contributed by atoms with E-state index >= 15 is 0 Å². The standard InChI is InChI=1S/C24H29NO8S/c1-24(2,3)33-23(28)13-16-8-10-21-20(12-16)25(15-18(32-21)9-11-22(26)27)34(29,30)19-7-5-6-17(14-19)31-4/h5-8,10,12,14,18H,9,11,13,15H2,1-4H3,(H,26,27)/t18-/m0/s1. The van der Waals surface area contributed by atoms with E-state index in [2.05, 4.69) is 0 Å². The minimum absolute atomic E-state index is 0.0224. The van der Waals surface area contributed by atoms with Crippen molar-refractivity contribution in [1.82, 2.24) is 0 Å². The van der Waals surface area contributed by atoms with Gasteiger partial charge in [0.05, 0.1) is 30.7 Å². The predicted octanol–water partition coefficient (Wildman–Crippen LogP) is 3.40. The van der Waals surface area contributed by atoms with Crippen LogP contribution in [0.3, 0.4) is 0 Å². The van der Waals surface area contributed by atoms with Crippen LogP contribution in [0.1, 0.15) is 39.2 Å². The van der Waals surface area contributed by atoms with Crippen molar-refractivity contribution in [2.45, 2.75) is 56.6 Å². The Morgan fingerprint density at radius 1 is 1.18 bits per heavy atom. The SMILES string of the molecule is COc1cccc(S(=O)(=O)N2C[C@H](CCC(=O)O)Oc3ccc(CC(=O)OC(C)(C)C)cc32)c1. The van der Waals surface area contributed by atoms with Crippen LogP contribution in [0.5, 0.6) is 11.5 Å². The number of ether oxygens (including phenoxy) is 3. The molecule has 0 saturated carbocycles. The molecule has 1 heterocycles. The van der Waals surface area contributed by atoms with Crippen LogP contribution in [0.15, 0.2) is 47.4 Å². The third kappa shape index (κ3) is 6.19. The van der Waals surface area contributed by atoms with E-state index in [9.17, 15) is 18.0 Å². The number of hydrogen-bond acceptors (Lipinski definition) is 7. The number of carboxylic acid groups (broad SMARTS) is 1. The van der Waals surface area contributed by atoms with Crippen molar-refractivity contribution >= 4 is 27.6 Å². The summed E-state index contributed by atoms with van der Waals surface area (Å²) in [5, 5.41) is 9.06. The number of carbonyl (C=O) groups is 2. The maximum atomic E-state index is 13.6.